The van der Waals surface area contributed by atoms with E-state index in [9.17, 15) is 0 Å². The van der Waals surface area contributed by atoms with E-state index >= 15 is 0 Å². The van der Waals surface area contributed by atoms with Crippen LogP contribution in [-0.2, 0) is 10.8 Å². The Balaban J connectivity index is 1.04. The molecule has 0 radical (unpaired) electrons. The molecular weight excluding hydrogens is 735 g/mol. The van der Waals surface area contributed by atoms with E-state index in [2.05, 4.69) is 217 Å². The minimum atomic E-state index is -0.577. The Morgan fingerprint density at radius 1 is 0.339 bits per heavy atom. The molecule has 2 nitrogen and oxygen atoms in total. The lowest BCUT2D eigenvalue weighted by atomic mass is 9.51. The van der Waals surface area contributed by atoms with Gasteiger partial charge in [-0.25, -0.2) is 0 Å². The van der Waals surface area contributed by atoms with Crippen LogP contribution in [0.25, 0.3) is 22.3 Å². The van der Waals surface area contributed by atoms with Crippen molar-refractivity contribution in [3.63, 3.8) is 0 Å². The molecule has 2 aliphatic carbocycles. The van der Waals surface area contributed by atoms with Crippen molar-refractivity contribution in [3.8, 4) is 33.8 Å². The van der Waals surface area contributed by atoms with Crippen LogP contribution in [0.1, 0.15) is 44.5 Å². The van der Waals surface area contributed by atoms with Crippen molar-refractivity contribution in [2.45, 2.75) is 20.6 Å². The minimum absolute atomic E-state index is 0.536. The lowest BCUT2D eigenvalue weighted by Crippen LogP contribution is -2.45. The van der Waals surface area contributed by atoms with Gasteiger partial charge in [-0.2, -0.15) is 0 Å². The topological polar surface area (TPSA) is 12.5 Å². The highest BCUT2D eigenvalue weighted by Gasteiger charge is 2.58. The van der Waals surface area contributed by atoms with Crippen LogP contribution in [0, 0.1) is 0 Å². The van der Waals surface area contributed by atoms with Gasteiger partial charge in [0.05, 0.1) is 22.2 Å². The molecule has 0 N–H and O–H groups in total. The van der Waals surface area contributed by atoms with Gasteiger partial charge in [0.1, 0.15) is 11.5 Å². The molecule has 0 bridgehead atoms. The van der Waals surface area contributed by atoms with E-state index in [4.69, 9.17) is 4.74 Å². The van der Waals surface area contributed by atoms with Crippen LogP contribution in [0.15, 0.2) is 222 Å². The van der Waals surface area contributed by atoms with Crippen LogP contribution in [-0.4, -0.2) is 0 Å². The molecule has 2 spiro atoms. The van der Waals surface area contributed by atoms with Crippen molar-refractivity contribution < 1.29 is 4.74 Å². The first-order chi connectivity index (χ1) is 29.3. The number of fused-ring (bicyclic) bond motifs is 17. The Morgan fingerprint density at radius 2 is 0.797 bits per heavy atom. The fourth-order valence-electron chi connectivity index (χ4n) is 11.0. The third-order valence-electron chi connectivity index (χ3n) is 13.2. The van der Waals surface area contributed by atoms with Crippen LogP contribution in [0.3, 0.4) is 0 Å². The Kier molecular flexibility index (Phi) is 6.83. The molecule has 59 heavy (non-hydrogen) atoms. The van der Waals surface area contributed by atoms with Gasteiger partial charge in [-0.3, -0.25) is 0 Å². The summed E-state index contributed by atoms with van der Waals surface area (Å²) < 4.78 is 6.70. The fraction of sp³-hybridized carbons (Fsp3) is 0.0357. The Bertz CT molecular complexity index is 3080. The molecule has 276 valence electrons. The summed E-state index contributed by atoms with van der Waals surface area (Å²) in [5.74, 6) is 1.81. The van der Waals surface area contributed by atoms with Gasteiger partial charge in [-0.05, 0) is 110 Å². The van der Waals surface area contributed by atoms with Gasteiger partial charge in [0, 0.05) is 26.6 Å². The van der Waals surface area contributed by atoms with Crippen molar-refractivity contribution in [2.75, 3.05) is 4.90 Å². The van der Waals surface area contributed by atoms with Crippen LogP contribution < -0.4 is 9.64 Å². The fourth-order valence-corrected chi connectivity index (χ4v) is 12.0. The van der Waals surface area contributed by atoms with Gasteiger partial charge in [-0.1, -0.05) is 169 Å². The Labute approximate surface area is 348 Å². The van der Waals surface area contributed by atoms with Crippen molar-refractivity contribution in [3.05, 3.63) is 257 Å². The molecule has 3 heteroatoms. The summed E-state index contributed by atoms with van der Waals surface area (Å²) in [6.45, 7) is 0. The number of hydrogen-bond acceptors (Lipinski definition) is 3. The van der Waals surface area contributed by atoms with E-state index < -0.39 is 10.8 Å². The molecular formula is C56H35NOS. The van der Waals surface area contributed by atoms with Crippen molar-refractivity contribution in [2.24, 2.45) is 0 Å². The molecule has 0 atom stereocenters. The number of hydrogen-bond donors (Lipinski definition) is 0. The summed E-state index contributed by atoms with van der Waals surface area (Å²) in [6, 6.07) is 78.6. The zero-order valence-electron chi connectivity index (χ0n) is 32.0. The molecule has 0 fully saturated rings. The lowest BCUT2D eigenvalue weighted by molar-refractivity contribution is 0.429. The molecule has 13 rings (SSSR count). The molecule has 0 amide bonds. The highest BCUT2D eigenvalue weighted by Crippen LogP contribution is 2.67. The molecule has 0 saturated carbocycles. The Hall–Kier alpha value is -7.07. The largest absolute Gasteiger partial charge is 0.457 e. The molecule has 9 aromatic rings. The number of benzene rings is 9. The maximum atomic E-state index is 6.70. The predicted octanol–water partition coefficient (Wildman–Crippen LogP) is 14.5. The summed E-state index contributed by atoms with van der Waals surface area (Å²) in [7, 11) is 0. The van der Waals surface area contributed by atoms with E-state index in [1.165, 1.54) is 87.9 Å². The second kappa shape index (κ2) is 12.2. The summed E-state index contributed by atoms with van der Waals surface area (Å²) in [5, 5.41) is 0. The smallest absolute Gasteiger partial charge is 0.132 e. The number of para-hydroxylation sites is 4. The van der Waals surface area contributed by atoms with Crippen molar-refractivity contribution in [1.82, 2.24) is 0 Å². The maximum absolute atomic E-state index is 6.70. The van der Waals surface area contributed by atoms with Gasteiger partial charge < -0.3 is 9.64 Å². The van der Waals surface area contributed by atoms with E-state index in [1.54, 1.807) is 0 Å². The van der Waals surface area contributed by atoms with Gasteiger partial charge in [0.2, 0.25) is 0 Å². The van der Waals surface area contributed by atoms with Crippen LogP contribution in [0.5, 0.6) is 11.5 Å². The zero-order chi connectivity index (χ0) is 38.7. The maximum Gasteiger partial charge on any atom is 0.132 e. The molecule has 4 aliphatic rings. The highest BCUT2D eigenvalue weighted by atomic mass is 32.2. The molecule has 9 aromatic carbocycles. The van der Waals surface area contributed by atoms with Crippen molar-refractivity contribution in [1.29, 1.82) is 0 Å². The van der Waals surface area contributed by atoms with Gasteiger partial charge in [0.25, 0.3) is 0 Å². The number of rotatable bonds is 2. The third kappa shape index (κ3) is 4.27. The molecule has 0 aromatic heterocycles. The summed E-state index contributed by atoms with van der Waals surface area (Å²) in [4.78, 5) is 4.94. The normalized spacial score (nSPS) is 15.1. The number of nitrogens with zero attached hydrogens (tertiary/aromatic N) is 1. The van der Waals surface area contributed by atoms with E-state index in [1.807, 2.05) is 11.8 Å². The van der Waals surface area contributed by atoms with Crippen LogP contribution in [0.2, 0.25) is 0 Å². The summed E-state index contributed by atoms with van der Waals surface area (Å²) in [6.07, 6.45) is 0. The predicted molar refractivity (Wildman–Crippen MR) is 240 cm³/mol. The van der Waals surface area contributed by atoms with Crippen molar-refractivity contribution >= 4 is 28.8 Å². The highest BCUT2D eigenvalue weighted by molar-refractivity contribution is 7.99. The quantitative estimate of drug-likeness (QED) is 0.174. The summed E-state index contributed by atoms with van der Waals surface area (Å²) in [5.41, 5.74) is 17.6. The minimum Gasteiger partial charge on any atom is -0.457 e. The molecule has 2 aliphatic heterocycles. The lowest BCUT2D eigenvalue weighted by Gasteiger charge is -2.51. The van der Waals surface area contributed by atoms with Crippen LogP contribution >= 0.6 is 11.8 Å². The SMILES string of the molecule is c1cc(-c2ccc3c(c2)-c2ccccc2C32c3ccccc3C3(c4ccccc4Oc4ccccc43)c3ccccc32)cc(N2c3ccccc3Sc3ccccc32)c1. The van der Waals surface area contributed by atoms with E-state index in [-0.39, 0.29) is 0 Å². The second-order valence-electron chi connectivity index (χ2n) is 15.9. The molecule has 0 unspecified atom stereocenters. The summed E-state index contributed by atoms with van der Waals surface area (Å²) >= 11 is 1.84. The first-order valence-corrected chi connectivity index (χ1v) is 21.2. The standard InChI is InChI=1S/C56H35NOS/c1-2-19-41-39(18-1)40-35-37(36-16-15-17-38(34-36)57-49-26-9-13-30-53(49)59-54-31-14-10-27-50(54)57)32-33-42(40)55(41)43-20-3-5-22-45(43)56(46-23-6-4-21-44(46)55)47-24-7-11-28-51(47)58-52-29-12-8-25-48(52)56/h1-35H. The number of anilines is 3. The molecule has 2 heterocycles. The third-order valence-corrected chi connectivity index (χ3v) is 14.3. The second-order valence-corrected chi connectivity index (χ2v) is 17.0. The first-order valence-electron chi connectivity index (χ1n) is 20.3. The molecule has 0 saturated heterocycles. The van der Waals surface area contributed by atoms with Gasteiger partial charge >= 0.3 is 0 Å². The van der Waals surface area contributed by atoms with Gasteiger partial charge in [0.15, 0.2) is 0 Å². The van der Waals surface area contributed by atoms with E-state index in [0.29, 0.717) is 0 Å². The Morgan fingerprint density at radius 3 is 1.41 bits per heavy atom. The zero-order valence-corrected chi connectivity index (χ0v) is 32.8. The average molecular weight is 770 g/mol. The van der Waals surface area contributed by atoms with Gasteiger partial charge in [-0.15, -0.1) is 0 Å². The monoisotopic (exact) mass is 769 g/mol. The van der Waals surface area contributed by atoms with Crippen LogP contribution in [0.4, 0.5) is 17.1 Å². The average Bonchev–Trinajstić information content (AvgIpc) is 3.59. The first kappa shape index (κ1) is 33.0. The number of ether oxygens (including phenoxy) is 1. The van der Waals surface area contributed by atoms with E-state index in [0.717, 1.165) is 17.2 Å².